The van der Waals surface area contributed by atoms with Gasteiger partial charge in [-0.2, -0.15) is 4.31 Å². The number of halogens is 1. The fraction of sp³-hybridized carbons (Fsp3) is 0.391. The summed E-state index contributed by atoms with van der Waals surface area (Å²) in [5.41, 5.74) is 0.564. The first-order valence-corrected chi connectivity index (χ1v) is 12.5. The van der Waals surface area contributed by atoms with Gasteiger partial charge in [-0.25, -0.2) is 12.8 Å². The van der Waals surface area contributed by atoms with Gasteiger partial charge in [-0.05, 0) is 49.2 Å². The number of hydrogen-bond donors (Lipinski definition) is 2. The van der Waals surface area contributed by atoms with Crippen LogP contribution in [0.25, 0.3) is 0 Å². The number of hydrogen-bond acceptors (Lipinski definition) is 6. The lowest BCUT2D eigenvalue weighted by Gasteiger charge is -2.31. The molecular weight excluding hydrogens is 465 g/mol. The number of anilines is 1. The molecule has 0 aliphatic carbocycles. The van der Waals surface area contributed by atoms with E-state index in [1.165, 1.54) is 16.4 Å². The molecule has 9 nitrogen and oxygen atoms in total. The number of nitrogens with one attached hydrogen (secondary N) is 2. The molecule has 4 rings (SSSR count). The summed E-state index contributed by atoms with van der Waals surface area (Å²) < 4.78 is 51.0. The summed E-state index contributed by atoms with van der Waals surface area (Å²) in [5.74, 6) is -0.431. The first-order chi connectivity index (χ1) is 16.3. The van der Waals surface area contributed by atoms with E-state index in [9.17, 15) is 22.4 Å². The highest BCUT2D eigenvalue weighted by Gasteiger charge is 2.33. The van der Waals surface area contributed by atoms with Crippen LogP contribution >= 0.6 is 0 Å². The lowest BCUT2D eigenvalue weighted by molar-refractivity contribution is -0.126. The van der Waals surface area contributed by atoms with Crippen molar-refractivity contribution < 1.29 is 31.9 Å². The van der Waals surface area contributed by atoms with Crippen LogP contribution in [0.15, 0.2) is 47.4 Å². The van der Waals surface area contributed by atoms with Crippen LogP contribution < -0.4 is 20.1 Å². The molecule has 1 saturated heterocycles. The molecule has 0 spiro atoms. The molecule has 0 aromatic heterocycles. The number of fused-ring (bicyclic) bond motifs is 1. The molecule has 2 aromatic carbocycles. The van der Waals surface area contributed by atoms with Crippen LogP contribution in [0.4, 0.5) is 10.1 Å². The maximum absolute atomic E-state index is 13.1. The van der Waals surface area contributed by atoms with E-state index in [1.807, 2.05) is 0 Å². The zero-order valence-corrected chi connectivity index (χ0v) is 19.3. The fourth-order valence-electron chi connectivity index (χ4n) is 3.92. The molecule has 1 atom stereocenters. The molecule has 2 heterocycles. The minimum atomic E-state index is -3.82. The van der Waals surface area contributed by atoms with Gasteiger partial charge < -0.3 is 20.1 Å². The molecule has 2 aliphatic heterocycles. The summed E-state index contributed by atoms with van der Waals surface area (Å²) >= 11 is 0. The van der Waals surface area contributed by atoms with Crippen LogP contribution in [0.1, 0.15) is 19.3 Å². The van der Waals surface area contributed by atoms with Gasteiger partial charge in [0.25, 0.3) is 0 Å². The van der Waals surface area contributed by atoms with Crippen molar-refractivity contribution in [2.45, 2.75) is 24.2 Å². The Labute approximate surface area is 197 Å². The maximum atomic E-state index is 13.1. The van der Waals surface area contributed by atoms with Crippen molar-refractivity contribution in [3.8, 4) is 11.5 Å². The van der Waals surface area contributed by atoms with E-state index in [0.717, 1.165) is 12.1 Å². The molecule has 2 aliphatic rings. The number of sulfonamides is 1. The predicted molar refractivity (Wildman–Crippen MR) is 122 cm³/mol. The van der Waals surface area contributed by atoms with Gasteiger partial charge in [-0.15, -0.1) is 0 Å². The summed E-state index contributed by atoms with van der Waals surface area (Å²) in [4.78, 5) is 24.9. The Morgan fingerprint density at radius 1 is 1.06 bits per heavy atom. The van der Waals surface area contributed by atoms with Gasteiger partial charge in [0.05, 0.1) is 10.8 Å². The zero-order chi connectivity index (χ0) is 24.1. The number of carbonyl (C=O) groups excluding carboxylic acids is 2. The topological polar surface area (TPSA) is 114 Å². The Bertz CT molecular complexity index is 1160. The summed E-state index contributed by atoms with van der Waals surface area (Å²) in [6.45, 7) is 1.38. The second-order valence-electron chi connectivity index (χ2n) is 8.10. The number of ether oxygens (including phenoxy) is 2. The average molecular weight is 492 g/mol. The van der Waals surface area contributed by atoms with Crippen molar-refractivity contribution in [1.29, 1.82) is 0 Å². The van der Waals surface area contributed by atoms with Crippen molar-refractivity contribution in [2.75, 3.05) is 38.2 Å². The summed E-state index contributed by atoms with van der Waals surface area (Å²) in [7, 11) is -3.82. The lowest BCUT2D eigenvalue weighted by atomic mass is 9.99. The van der Waals surface area contributed by atoms with E-state index in [1.54, 1.807) is 18.2 Å². The molecular formula is C23H26FN3O6S. The number of rotatable bonds is 7. The quantitative estimate of drug-likeness (QED) is 0.614. The molecule has 11 heteroatoms. The van der Waals surface area contributed by atoms with Crippen molar-refractivity contribution in [2.24, 2.45) is 5.92 Å². The highest BCUT2D eigenvalue weighted by Crippen LogP contribution is 2.32. The number of benzene rings is 2. The zero-order valence-electron chi connectivity index (χ0n) is 18.5. The first-order valence-electron chi connectivity index (χ1n) is 11.1. The van der Waals surface area contributed by atoms with Crippen molar-refractivity contribution in [1.82, 2.24) is 9.62 Å². The van der Waals surface area contributed by atoms with Gasteiger partial charge in [0.2, 0.25) is 21.8 Å². The molecule has 182 valence electrons. The second kappa shape index (κ2) is 10.4. The van der Waals surface area contributed by atoms with E-state index in [4.69, 9.17) is 9.47 Å². The van der Waals surface area contributed by atoms with E-state index in [0.29, 0.717) is 49.8 Å². The van der Waals surface area contributed by atoms with Crippen LogP contribution in [0.3, 0.4) is 0 Å². The number of piperidine rings is 1. The third-order valence-electron chi connectivity index (χ3n) is 5.68. The lowest BCUT2D eigenvalue weighted by Crippen LogP contribution is -2.45. The Morgan fingerprint density at radius 3 is 2.56 bits per heavy atom. The van der Waals surface area contributed by atoms with Crippen molar-refractivity contribution >= 4 is 27.5 Å². The molecule has 2 aromatic rings. The van der Waals surface area contributed by atoms with Gasteiger partial charge in [0.15, 0.2) is 11.5 Å². The monoisotopic (exact) mass is 491 g/mol. The minimum absolute atomic E-state index is 0.00855. The molecule has 1 fully saturated rings. The Kier molecular flexibility index (Phi) is 7.32. The van der Waals surface area contributed by atoms with Gasteiger partial charge in [0, 0.05) is 37.8 Å². The third-order valence-corrected chi connectivity index (χ3v) is 7.56. The normalized spacial score (nSPS) is 18.2. The summed E-state index contributed by atoms with van der Waals surface area (Å²) in [6, 6.07) is 9.74. The molecule has 1 unspecified atom stereocenters. The molecule has 2 amide bonds. The number of nitrogens with zero attached hydrogens (tertiary/aromatic N) is 1. The van der Waals surface area contributed by atoms with E-state index < -0.39 is 21.8 Å². The predicted octanol–water partition coefficient (Wildman–Crippen LogP) is 2.14. The Morgan fingerprint density at radius 2 is 1.79 bits per heavy atom. The van der Waals surface area contributed by atoms with Gasteiger partial charge in [-0.3, -0.25) is 9.59 Å². The molecule has 0 radical (unpaired) electrons. The van der Waals surface area contributed by atoms with Gasteiger partial charge >= 0.3 is 0 Å². The Balaban J connectivity index is 1.26. The van der Waals surface area contributed by atoms with Crippen LogP contribution in [-0.4, -0.2) is 57.4 Å². The minimum Gasteiger partial charge on any atom is -0.486 e. The highest BCUT2D eigenvalue weighted by molar-refractivity contribution is 7.89. The van der Waals surface area contributed by atoms with Gasteiger partial charge in [-0.1, -0.05) is 0 Å². The van der Waals surface area contributed by atoms with Crippen LogP contribution in [0, 0.1) is 11.7 Å². The van der Waals surface area contributed by atoms with E-state index in [-0.39, 0.29) is 36.2 Å². The third kappa shape index (κ3) is 5.65. The maximum Gasteiger partial charge on any atom is 0.243 e. The smallest absolute Gasteiger partial charge is 0.243 e. The fourth-order valence-corrected chi connectivity index (χ4v) is 5.44. The van der Waals surface area contributed by atoms with E-state index >= 15 is 0 Å². The average Bonchev–Trinajstić information content (AvgIpc) is 2.84. The molecule has 2 N–H and O–H groups in total. The van der Waals surface area contributed by atoms with Crippen molar-refractivity contribution in [3.05, 3.63) is 48.3 Å². The second-order valence-corrected chi connectivity index (χ2v) is 10.0. The van der Waals surface area contributed by atoms with Gasteiger partial charge in [0.1, 0.15) is 19.0 Å². The highest BCUT2D eigenvalue weighted by atomic mass is 32.2. The van der Waals surface area contributed by atoms with Crippen LogP contribution in [0.2, 0.25) is 0 Å². The molecule has 34 heavy (non-hydrogen) atoms. The number of amides is 2. The summed E-state index contributed by atoms with van der Waals surface area (Å²) in [6.07, 6.45) is 1.14. The standard InChI is InChI=1S/C23H26FN3O6S/c24-17-3-6-19(7-4-17)34(30,31)27-11-1-2-16(15-27)23(29)25-10-9-22(28)26-18-5-8-20-21(14-18)33-13-12-32-20/h3-8,14,16H,1-2,9-13,15H2,(H,25,29)(H,26,28). The van der Waals surface area contributed by atoms with E-state index in [2.05, 4.69) is 10.6 Å². The Hall–Kier alpha value is -3.18. The van der Waals surface area contributed by atoms with Crippen molar-refractivity contribution in [3.63, 3.8) is 0 Å². The number of carbonyl (C=O) groups is 2. The first kappa shape index (κ1) is 24.0. The SMILES string of the molecule is O=C(CCNC(=O)C1CCCN(S(=O)(=O)c2ccc(F)cc2)C1)Nc1ccc2c(c1)OCCO2. The van der Waals surface area contributed by atoms with Crippen LogP contribution in [0.5, 0.6) is 11.5 Å². The summed E-state index contributed by atoms with van der Waals surface area (Å²) in [5, 5.41) is 5.48. The largest absolute Gasteiger partial charge is 0.486 e. The molecule has 0 saturated carbocycles. The molecule has 0 bridgehead atoms. The van der Waals surface area contributed by atoms with Crippen LogP contribution in [-0.2, 0) is 19.6 Å².